The summed E-state index contributed by atoms with van der Waals surface area (Å²) in [5, 5.41) is 4.14. The summed E-state index contributed by atoms with van der Waals surface area (Å²) >= 11 is 2.68. The molecule has 3 rings (SSSR count). The van der Waals surface area contributed by atoms with Crippen LogP contribution in [0.4, 0.5) is 0 Å². The van der Waals surface area contributed by atoms with Gasteiger partial charge in [0, 0.05) is 11.9 Å². The maximum atomic E-state index is 12.6. The molecule has 1 atom stereocenters. The molecule has 1 N–H and O–H groups in total. The zero-order valence-corrected chi connectivity index (χ0v) is 18.4. The summed E-state index contributed by atoms with van der Waals surface area (Å²) in [7, 11) is 0. The van der Waals surface area contributed by atoms with Crippen LogP contribution in [0.3, 0.4) is 0 Å². The van der Waals surface area contributed by atoms with Gasteiger partial charge in [-0.05, 0) is 38.8 Å². The van der Waals surface area contributed by atoms with Gasteiger partial charge in [0.25, 0.3) is 0 Å². The molecule has 0 aliphatic heterocycles. The molecule has 0 fully saturated rings. The number of rotatable bonds is 7. The SMILES string of the molecule is CCOC(=O)c1sc2nc(C)nc(SC(C)C(=O)NCc3ccccc3)c2c1C. The first-order valence-corrected chi connectivity index (χ1v) is 11.0. The Morgan fingerprint density at radius 2 is 1.93 bits per heavy atom. The number of carbonyl (C=O) groups excluding carboxylic acids is 2. The molecule has 0 aliphatic carbocycles. The van der Waals surface area contributed by atoms with E-state index in [2.05, 4.69) is 15.3 Å². The van der Waals surface area contributed by atoms with Crippen molar-refractivity contribution in [1.82, 2.24) is 15.3 Å². The number of ether oxygens (including phenoxy) is 1. The number of esters is 1. The van der Waals surface area contributed by atoms with E-state index in [4.69, 9.17) is 4.74 Å². The number of thioether (sulfide) groups is 1. The largest absolute Gasteiger partial charge is 0.462 e. The molecule has 152 valence electrons. The second-order valence-electron chi connectivity index (χ2n) is 6.50. The van der Waals surface area contributed by atoms with Gasteiger partial charge < -0.3 is 10.1 Å². The first-order chi connectivity index (χ1) is 13.9. The van der Waals surface area contributed by atoms with Gasteiger partial charge >= 0.3 is 5.97 Å². The van der Waals surface area contributed by atoms with E-state index in [0.717, 1.165) is 21.3 Å². The number of nitrogens with zero attached hydrogens (tertiary/aromatic N) is 2. The zero-order valence-electron chi connectivity index (χ0n) is 16.8. The number of benzene rings is 1. The molecular weight excluding hydrogens is 406 g/mol. The maximum Gasteiger partial charge on any atom is 0.348 e. The van der Waals surface area contributed by atoms with Crippen LogP contribution >= 0.6 is 23.1 Å². The minimum Gasteiger partial charge on any atom is -0.462 e. The number of thiophene rings is 1. The van der Waals surface area contributed by atoms with Gasteiger partial charge in [-0.15, -0.1) is 11.3 Å². The monoisotopic (exact) mass is 429 g/mol. The fraction of sp³-hybridized carbons (Fsp3) is 0.333. The lowest BCUT2D eigenvalue weighted by atomic mass is 10.2. The van der Waals surface area contributed by atoms with Crippen molar-refractivity contribution in [3.05, 3.63) is 52.2 Å². The minimum absolute atomic E-state index is 0.0678. The molecule has 8 heteroatoms. The van der Waals surface area contributed by atoms with E-state index < -0.39 is 0 Å². The number of aryl methyl sites for hydroxylation is 2. The molecule has 2 aromatic heterocycles. The molecule has 0 radical (unpaired) electrons. The predicted molar refractivity (Wildman–Crippen MR) is 116 cm³/mol. The molecule has 0 saturated carbocycles. The first kappa shape index (κ1) is 21.3. The fourth-order valence-electron chi connectivity index (χ4n) is 2.83. The van der Waals surface area contributed by atoms with Crippen molar-refractivity contribution < 1.29 is 14.3 Å². The minimum atomic E-state index is -0.352. The highest BCUT2D eigenvalue weighted by Gasteiger charge is 2.23. The standard InChI is InChI=1S/C21H23N3O3S2/c1-5-27-21(26)17-12(2)16-19(23-14(4)24-20(16)29-17)28-13(3)18(25)22-11-15-9-7-6-8-10-15/h6-10,13H,5,11H2,1-4H3,(H,22,25). The predicted octanol–water partition coefficient (Wildman–Crippen LogP) is 4.28. The van der Waals surface area contributed by atoms with Gasteiger partial charge in [-0.25, -0.2) is 14.8 Å². The van der Waals surface area contributed by atoms with Gasteiger partial charge in [0.05, 0.1) is 11.9 Å². The van der Waals surface area contributed by atoms with Crippen molar-refractivity contribution in [3.8, 4) is 0 Å². The Kier molecular flexibility index (Phi) is 6.87. The Bertz CT molecular complexity index is 1030. The van der Waals surface area contributed by atoms with Gasteiger partial charge in [0.1, 0.15) is 20.6 Å². The summed E-state index contributed by atoms with van der Waals surface area (Å²) in [5.41, 5.74) is 1.84. The smallest absolute Gasteiger partial charge is 0.348 e. The van der Waals surface area contributed by atoms with Gasteiger partial charge in [0.15, 0.2) is 0 Å². The van der Waals surface area contributed by atoms with Crippen LogP contribution in [-0.4, -0.2) is 33.7 Å². The van der Waals surface area contributed by atoms with Crippen LogP contribution in [0.5, 0.6) is 0 Å². The number of fused-ring (bicyclic) bond motifs is 1. The highest BCUT2D eigenvalue weighted by molar-refractivity contribution is 8.00. The highest BCUT2D eigenvalue weighted by atomic mass is 32.2. The summed E-state index contributed by atoms with van der Waals surface area (Å²) < 4.78 is 5.15. The number of carbonyl (C=O) groups is 2. The Morgan fingerprint density at radius 1 is 1.21 bits per heavy atom. The van der Waals surface area contributed by atoms with Crippen LogP contribution in [0.25, 0.3) is 10.2 Å². The lowest BCUT2D eigenvalue weighted by Gasteiger charge is -2.13. The van der Waals surface area contributed by atoms with Crippen LogP contribution < -0.4 is 5.32 Å². The molecule has 29 heavy (non-hydrogen) atoms. The van der Waals surface area contributed by atoms with Crippen LogP contribution in [0.1, 0.15) is 40.5 Å². The number of amides is 1. The highest BCUT2D eigenvalue weighted by Crippen LogP contribution is 2.37. The van der Waals surface area contributed by atoms with Crippen LogP contribution in [0, 0.1) is 13.8 Å². The summed E-state index contributed by atoms with van der Waals surface area (Å²) in [6.45, 7) is 8.10. The fourth-order valence-corrected chi connectivity index (χ4v) is 5.09. The summed E-state index contributed by atoms with van der Waals surface area (Å²) in [4.78, 5) is 35.1. The first-order valence-electron chi connectivity index (χ1n) is 9.33. The number of hydrogen-bond acceptors (Lipinski definition) is 7. The average Bonchev–Trinajstić information content (AvgIpc) is 3.03. The second-order valence-corrected chi connectivity index (χ2v) is 8.82. The summed E-state index contributed by atoms with van der Waals surface area (Å²) in [5.74, 6) is 0.186. The van der Waals surface area contributed by atoms with E-state index in [0.29, 0.717) is 28.9 Å². The Hall–Kier alpha value is -2.45. The Balaban J connectivity index is 1.81. The number of aromatic nitrogens is 2. The van der Waals surface area contributed by atoms with Crippen molar-refractivity contribution in [2.45, 2.75) is 44.5 Å². The molecule has 1 unspecified atom stereocenters. The molecule has 0 bridgehead atoms. The normalized spacial score (nSPS) is 12.0. The van der Waals surface area contributed by atoms with Gasteiger partial charge in [-0.1, -0.05) is 42.1 Å². The lowest BCUT2D eigenvalue weighted by molar-refractivity contribution is -0.120. The van der Waals surface area contributed by atoms with E-state index in [-0.39, 0.29) is 17.1 Å². The second kappa shape index (κ2) is 9.37. The van der Waals surface area contributed by atoms with E-state index in [1.165, 1.54) is 23.1 Å². The van der Waals surface area contributed by atoms with Crippen molar-refractivity contribution >= 4 is 45.2 Å². The molecule has 6 nitrogen and oxygen atoms in total. The summed E-state index contributed by atoms with van der Waals surface area (Å²) in [6.07, 6.45) is 0. The topological polar surface area (TPSA) is 81.2 Å². The van der Waals surface area contributed by atoms with Crippen molar-refractivity contribution in [3.63, 3.8) is 0 Å². The molecule has 0 saturated heterocycles. The molecule has 0 spiro atoms. The molecule has 1 amide bonds. The molecular formula is C21H23N3O3S2. The zero-order chi connectivity index (χ0) is 21.0. The molecule has 3 aromatic rings. The van der Waals surface area contributed by atoms with Gasteiger partial charge in [-0.3, -0.25) is 4.79 Å². The summed E-state index contributed by atoms with van der Waals surface area (Å²) in [6, 6.07) is 9.78. The van der Waals surface area contributed by atoms with Crippen molar-refractivity contribution in [2.75, 3.05) is 6.61 Å². The van der Waals surface area contributed by atoms with Crippen LogP contribution in [0.2, 0.25) is 0 Å². The van der Waals surface area contributed by atoms with Crippen molar-refractivity contribution in [2.24, 2.45) is 0 Å². The third-order valence-corrected chi connectivity index (χ3v) is 6.55. The number of nitrogens with one attached hydrogen (secondary N) is 1. The van der Waals surface area contributed by atoms with Gasteiger partial charge in [-0.2, -0.15) is 0 Å². The van der Waals surface area contributed by atoms with Crippen LogP contribution in [0.15, 0.2) is 35.4 Å². The molecule has 0 aliphatic rings. The lowest BCUT2D eigenvalue weighted by Crippen LogP contribution is -2.30. The Morgan fingerprint density at radius 3 is 2.62 bits per heavy atom. The quantitative estimate of drug-likeness (QED) is 0.343. The van der Waals surface area contributed by atoms with Crippen LogP contribution in [-0.2, 0) is 16.1 Å². The van der Waals surface area contributed by atoms with E-state index >= 15 is 0 Å². The van der Waals surface area contributed by atoms with Gasteiger partial charge in [0.2, 0.25) is 5.91 Å². The van der Waals surface area contributed by atoms with E-state index in [1.54, 1.807) is 6.92 Å². The number of hydrogen-bond donors (Lipinski definition) is 1. The molecule has 2 heterocycles. The molecule has 1 aromatic carbocycles. The van der Waals surface area contributed by atoms with E-state index in [9.17, 15) is 9.59 Å². The maximum absolute atomic E-state index is 12.6. The van der Waals surface area contributed by atoms with Crippen molar-refractivity contribution in [1.29, 1.82) is 0 Å². The van der Waals surface area contributed by atoms with E-state index in [1.807, 2.05) is 51.1 Å². The third-order valence-electron chi connectivity index (χ3n) is 4.30. The average molecular weight is 430 g/mol. The third kappa shape index (κ3) is 4.94. The Labute approximate surface area is 178 Å².